The van der Waals surface area contributed by atoms with Crippen molar-refractivity contribution in [3.8, 4) is 0 Å². The number of phosphoric acid groups is 1. The molecule has 0 rings (SSSR count). The predicted octanol–water partition coefficient (Wildman–Crippen LogP) is 11.3. The SMILES string of the molecule is CCCCC/C=C/C/C=C/C/C=C/C/C=C/C/C=C/CCC(=O)OC[C@H](COP(=O)(O)O)OC(=O)CCCCCCCCCCCCCC. The first-order valence-corrected chi connectivity index (χ1v) is 20.6. The summed E-state index contributed by atoms with van der Waals surface area (Å²) in [6.07, 6.45) is 43.8. The maximum absolute atomic E-state index is 12.3. The van der Waals surface area contributed by atoms with Crippen LogP contribution in [0.15, 0.2) is 60.8 Å². The largest absolute Gasteiger partial charge is 0.469 e. The van der Waals surface area contributed by atoms with Gasteiger partial charge < -0.3 is 19.3 Å². The van der Waals surface area contributed by atoms with Crippen molar-refractivity contribution in [2.45, 2.75) is 168 Å². The monoisotopic (exact) mass is 708 g/mol. The van der Waals surface area contributed by atoms with Crippen molar-refractivity contribution in [1.29, 1.82) is 0 Å². The fourth-order valence-electron chi connectivity index (χ4n) is 4.94. The summed E-state index contributed by atoms with van der Waals surface area (Å²) < 4.78 is 26.2. The molecule has 0 saturated heterocycles. The number of ether oxygens (including phenoxy) is 2. The highest BCUT2D eigenvalue weighted by molar-refractivity contribution is 7.46. The van der Waals surface area contributed by atoms with E-state index < -0.39 is 32.5 Å². The van der Waals surface area contributed by atoms with Crippen LogP contribution in [0.25, 0.3) is 0 Å². The maximum atomic E-state index is 12.3. The van der Waals surface area contributed by atoms with Crippen LogP contribution in [-0.4, -0.2) is 41.0 Å². The van der Waals surface area contributed by atoms with Crippen molar-refractivity contribution in [2.24, 2.45) is 0 Å². The molecule has 0 radical (unpaired) electrons. The van der Waals surface area contributed by atoms with E-state index in [0.29, 0.717) is 12.8 Å². The molecule has 0 spiro atoms. The molecular formula is C40H69O8P. The van der Waals surface area contributed by atoms with Crippen LogP contribution < -0.4 is 0 Å². The lowest BCUT2D eigenvalue weighted by atomic mass is 10.0. The standard InChI is InChI=1S/C40H69O8P/c1-3-5-7-9-11-13-15-17-18-19-20-21-22-23-25-26-28-30-32-34-39(41)46-36-38(37-47-49(43,44)45)48-40(42)35-33-31-29-27-24-16-14-12-10-8-6-4-2/h11,13,17-18,20-21,23,25,28,30,38H,3-10,12,14-16,19,22,24,26-27,29,31-37H2,1-2H3,(H2,43,44,45)/b13-11+,18-17+,21-20+,25-23+,30-28+/t38-/m1/s1. The third-order valence-electron chi connectivity index (χ3n) is 7.80. The summed E-state index contributed by atoms with van der Waals surface area (Å²) >= 11 is 0. The van der Waals surface area contributed by atoms with E-state index in [4.69, 9.17) is 19.3 Å². The molecule has 0 aliphatic rings. The first kappa shape index (κ1) is 46.8. The smallest absolute Gasteiger partial charge is 0.462 e. The van der Waals surface area contributed by atoms with Gasteiger partial charge in [0.1, 0.15) is 6.61 Å². The Kier molecular flexibility index (Phi) is 33.9. The molecule has 0 aliphatic carbocycles. The van der Waals surface area contributed by atoms with Crippen molar-refractivity contribution in [2.75, 3.05) is 13.2 Å². The highest BCUT2D eigenvalue weighted by Gasteiger charge is 2.22. The molecule has 0 aromatic rings. The van der Waals surface area contributed by atoms with Gasteiger partial charge in [0.05, 0.1) is 6.61 Å². The quantitative estimate of drug-likeness (QED) is 0.0293. The van der Waals surface area contributed by atoms with Crippen LogP contribution in [0.4, 0.5) is 0 Å². The first-order chi connectivity index (χ1) is 23.8. The molecule has 0 heterocycles. The van der Waals surface area contributed by atoms with Crippen LogP contribution in [0, 0.1) is 0 Å². The average Bonchev–Trinajstić information content (AvgIpc) is 3.07. The van der Waals surface area contributed by atoms with E-state index in [0.717, 1.165) is 44.9 Å². The molecule has 0 aromatic heterocycles. The molecule has 2 N–H and O–H groups in total. The second-order valence-electron chi connectivity index (χ2n) is 12.6. The van der Waals surface area contributed by atoms with Gasteiger partial charge in [0.15, 0.2) is 6.10 Å². The molecule has 49 heavy (non-hydrogen) atoms. The fourth-order valence-corrected chi connectivity index (χ4v) is 5.30. The topological polar surface area (TPSA) is 119 Å². The number of unbranched alkanes of at least 4 members (excludes halogenated alkanes) is 14. The molecule has 282 valence electrons. The molecule has 8 nitrogen and oxygen atoms in total. The Morgan fingerprint density at radius 3 is 1.45 bits per heavy atom. The Morgan fingerprint density at radius 2 is 0.959 bits per heavy atom. The molecular weight excluding hydrogens is 639 g/mol. The number of phosphoric ester groups is 1. The Labute approximate surface area is 298 Å². The summed E-state index contributed by atoms with van der Waals surface area (Å²) in [5.74, 6) is -0.984. The summed E-state index contributed by atoms with van der Waals surface area (Å²) in [6.45, 7) is 3.57. The lowest BCUT2D eigenvalue weighted by molar-refractivity contribution is -0.161. The average molecular weight is 709 g/mol. The lowest BCUT2D eigenvalue weighted by Crippen LogP contribution is -2.29. The van der Waals surface area contributed by atoms with Gasteiger partial charge in [-0.2, -0.15) is 0 Å². The molecule has 0 saturated carbocycles. The third kappa shape index (κ3) is 38.4. The zero-order valence-electron chi connectivity index (χ0n) is 30.8. The summed E-state index contributed by atoms with van der Waals surface area (Å²) in [4.78, 5) is 42.6. The van der Waals surface area contributed by atoms with Crippen LogP contribution in [0.1, 0.15) is 162 Å². The summed E-state index contributed by atoms with van der Waals surface area (Å²) in [5, 5.41) is 0. The highest BCUT2D eigenvalue weighted by Crippen LogP contribution is 2.36. The highest BCUT2D eigenvalue weighted by atomic mass is 31.2. The van der Waals surface area contributed by atoms with Crippen LogP contribution >= 0.6 is 7.82 Å². The minimum Gasteiger partial charge on any atom is -0.462 e. The number of esters is 2. The Balaban J connectivity index is 4.10. The van der Waals surface area contributed by atoms with Gasteiger partial charge in [0.25, 0.3) is 0 Å². The Bertz CT molecular complexity index is 979. The summed E-state index contributed by atoms with van der Waals surface area (Å²) in [6, 6.07) is 0. The zero-order valence-corrected chi connectivity index (χ0v) is 31.7. The lowest BCUT2D eigenvalue weighted by Gasteiger charge is -2.18. The normalized spacial score (nSPS) is 13.1. The van der Waals surface area contributed by atoms with Crippen molar-refractivity contribution in [3.63, 3.8) is 0 Å². The van der Waals surface area contributed by atoms with Gasteiger partial charge in [-0.05, 0) is 51.4 Å². The summed E-state index contributed by atoms with van der Waals surface area (Å²) in [5.41, 5.74) is 0. The predicted molar refractivity (Wildman–Crippen MR) is 202 cm³/mol. The second-order valence-corrected chi connectivity index (χ2v) is 13.8. The van der Waals surface area contributed by atoms with Crippen LogP contribution in [0.2, 0.25) is 0 Å². The Hall–Kier alpha value is -2.25. The van der Waals surface area contributed by atoms with Crippen LogP contribution in [0.3, 0.4) is 0 Å². The van der Waals surface area contributed by atoms with E-state index in [2.05, 4.69) is 67.0 Å². The van der Waals surface area contributed by atoms with E-state index >= 15 is 0 Å². The van der Waals surface area contributed by atoms with E-state index in [1.165, 1.54) is 77.0 Å². The molecule has 0 bridgehead atoms. The van der Waals surface area contributed by atoms with Crippen molar-refractivity contribution in [3.05, 3.63) is 60.8 Å². The Morgan fingerprint density at radius 1 is 0.531 bits per heavy atom. The van der Waals surface area contributed by atoms with Crippen molar-refractivity contribution in [1.82, 2.24) is 0 Å². The molecule has 0 aromatic carbocycles. The van der Waals surface area contributed by atoms with E-state index in [1.54, 1.807) is 0 Å². The number of hydrogen-bond donors (Lipinski definition) is 2. The maximum Gasteiger partial charge on any atom is 0.469 e. The third-order valence-corrected chi connectivity index (χ3v) is 8.29. The first-order valence-electron chi connectivity index (χ1n) is 19.1. The van der Waals surface area contributed by atoms with Gasteiger partial charge in [-0.1, -0.05) is 158 Å². The number of allylic oxidation sites excluding steroid dienone is 10. The van der Waals surface area contributed by atoms with Gasteiger partial charge in [-0.25, -0.2) is 4.57 Å². The van der Waals surface area contributed by atoms with Gasteiger partial charge in [-0.15, -0.1) is 0 Å². The fraction of sp³-hybridized carbons (Fsp3) is 0.700. The number of carbonyl (C=O) groups is 2. The van der Waals surface area contributed by atoms with Gasteiger partial charge in [0, 0.05) is 12.8 Å². The molecule has 9 heteroatoms. The van der Waals surface area contributed by atoms with E-state index in [1.807, 2.05) is 12.2 Å². The molecule has 0 amide bonds. The number of rotatable bonds is 34. The zero-order chi connectivity index (χ0) is 36.1. The van der Waals surface area contributed by atoms with E-state index in [-0.39, 0.29) is 19.4 Å². The van der Waals surface area contributed by atoms with Crippen LogP contribution in [0.5, 0.6) is 0 Å². The van der Waals surface area contributed by atoms with Gasteiger partial charge in [0.2, 0.25) is 0 Å². The van der Waals surface area contributed by atoms with Crippen molar-refractivity contribution < 1.29 is 37.9 Å². The van der Waals surface area contributed by atoms with Crippen molar-refractivity contribution >= 4 is 19.8 Å². The number of carbonyl (C=O) groups excluding carboxylic acids is 2. The summed E-state index contributed by atoms with van der Waals surface area (Å²) in [7, 11) is -4.76. The molecule has 0 unspecified atom stereocenters. The number of hydrogen-bond acceptors (Lipinski definition) is 6. The second kappa shape index (κ2) is 35.6. The van der Waals surface area contributed by atoms with E-state index in [9.17, 15) is 14.2 Å². The molecule has 0 aliphatic heterocycles. The molecule has 1 atom stereocenters. The van der Waals surface area contributed by atoms with Crippen LogP contribution in [-0.2, 0) is 28.2 Å². The molecule has 0 fully saturated rings. The minimum absolute atomic E-state index is 0.143. The van der Waals surface area contributed by atoms with Gasteiger partial charge >= 0.3 is 19.8 Å². The van der Waals surface area contributed by atoms with Gasteiger partial charge in [-0.3, -0.25) is 14.1 Å². The minimum atomic E-state index is -4.76.